The Hall–Kier alpha value is -2.82. The summed E-state index contributed by atoms with van der Waals surface area (Å²) in [6.45, 7) is 6.61. The number of benzene rings is 2. The highest BCUT2D eigenvalue weighted by molar-refractivity contribution is 6.02. The van der Waals surface area contributed by atoms with Crippen LogP contribution in [0.1, 0.15) is 20.8 Å². The van der Waals surface area contributed by atoms with Gasteiger partial charge in [0.05, 0.1) is 5.69 Å². The Morgan fingerprint density at radius 2 is 1.69 bits per heavy atom. The molecule has 26 heavy (non-hydrogen) atoms. The monoisotopic (exact) mass is 351 g/mol. The number of amides is 3. The maximum atomic E-state index is 13.0. The summed E-state index contributed by atoms with van der Waals surface area (Å²) in [6.07, 6.45) is 0. The van der Waals surface area contributed by atoms with E-state index in [1.165, 1.54) is 0 Å². The zero-order chi connectivity index (χ0) is 18.7. The molecule has 1 N–H and O–H groups in total. The third-order valence-electron chi connectivity index (χ3n) is 4.61. The normalized spacial score (nSPS) is 17.5. The highest BCUT2D eigenvalue weighted by atomic mass is 16.2. The first kappa shape index (κ1) is 18.0. The number of carbonyl (C=O) groups is 2. The van der Waals surface area contributed by atoms with Crippen LogP contribution in [0.25, 0.3) is 11.1 Å². The maximum absolute atomic E-state index is 13.0. The number of nitrogens with one attached hydrogen (secondary N) is 1. The van der Waals surface area contributed by atoms with Gasteiger partial charge in [-0.05, 0) is 32.4 Å². The van der Waals surface area contributed by atoms with Gasteiger partial charge < -0.3 is 15.1 Å². The maximum Gasteiger partial charge on any atom is 0.318 e. The molecule has 3 rings (SSSR count). The van der Waals surface area contributed by atoms with Crippen LogP contribution in [0.3, 0.4) is 0 Å². The smallest absolute Gasteiger partial charge is 0.318 e. The molecule has 2 aromatic carbocycles. The van der Waals surface area contributed by atoms with Gasteiger partial charge in [0.15, 0.2) is 0 Å². The number of nitrogens with zero attached hydrogens (tertiary/aromatic N) is 2. The third-order valence-corrected chi connectivity index (χ3v) is 4.61. The van der Waals surface area contributed by atoms with Crippen molar-refractivity contribution in [3.63, 3.8) is 0 Å². The van der Waals surface area contributed by atoms with Gasteiger partial charge in [-0.25, -0.2) is 4.79 Å². The van der Waals surface area contributed by atoms with Crippen LogP contribution >= 0.6 is 0 Å². The van der Waals surface area contributed by atoms with Crippen molar-refractivity contribution < 1.29 is 9.59 Å². The second-order valence-electron chi connectivity index (χ2n) is 6.85. The highest BCUT2D eigenvalue weighted by Crippen LogP contribution is 2.32. The van der Waals surface area contributed by atoms with E-state index >= 15 is 0 Å². The summed E-state index contributed by atoms with van der Waals surface area (Å²) < 4.78 is 0. The first-order valence-corrected chi connectivity index (χ1v) is 9.02. The SMILES string of the molecule is CC(C)NC(=O)N1CCN(c2ccccc2-c2ccccc2)C(=O)[C@H]1C. The first-order valence-electron chi connectivity index (χ1n) is 9.02. The Balaban J connectivity index is 1.87. The summed E-state index contributed by atoms with van der Waals surface area (Å²) in [7, 11) is 0. The van der Waals surface area contributed by atoms with Crippen LogP contribution in [-0.2, 0) is 4.79 Å². The van der Waals surface area contributed by atoms with E-state index in [1.54, 1.807) is 16.7 Å². The van der Waals surface area contributed by atoms with Crippen molar-refractivity contribution in [2.24, 2.45) is 0 Å². The van der Waals surface area contributed by atoms with E-state index in [0.29, 0.717) is 13.1 Å². The van der Waals surface area contributed by atoms with Crippen LogP contribution in [0, 0.1) is 0 Å². The molecular formula is C21H25N3O2. The second kappa shape index (κ2) is 7.60. The number of urea groups is 1. The number of hydrogen-bond donors (Lipinski definition) is 1. The highest BCUT2D eigenvalue weighted by Gasteiger charge is 2.35. The average Bonchev–Trinajstić information content (AvgIpc) is 2.64. The lowest BCUT2D eigenvalue weighted by atomic mass is 10.0. The van der Waals surface area contributed by atoms with Gasteiger partial charge in [0, 0.05) is 24.7 Å². The molecule has 1 heterocycles. The minimum absolute atomic E-state index is 0.0432. The third kappa shape index (κ3) is 3.57. The fraction of sp³-hybridized carbons (Fsp3) is 0.333. The largest absolute Gasteiger partial charge is 0.336 e. The van der Waals surface area contributed by atoms with Crippen molar-refractivity contribution in [3.05, 3.63) is 54.6 Å². The summed E-state index contributed by atoms with van der Waals surface area (Å²) in [6, 6.07) is 17.3. The van der Waals surface area contributed by atoms with E-state index in [4.69, 9.17) is 0 Å². The fourth-order valence-electron chi connectivity index (χ4n) is 3.29. The van der Waals surface area contributed by atoms with E-state index in [1.807, 2.05) is 68.4 Å². The number of anilines is 1. The Labute approximate surface area is 154 Å². The fourth-order valence-corrected chi connectivity index (χ4v) is 3.29. The Kier molecular flexibility index (Phi) is 5.26. The van der Waals surface area contributed by atoms with E-state index in [-0.39, 0.29) is 18.0 Å². The standard InChI is InChI=1S/C21H25N3O2/c1-15(2)22-21(26)23-13-14-24(20(25)16(23)3)19-12-8-7-11-18(19)17-9-5-4-6-10-17/h4-12,15-16H,13-14H2,1-3H3,(H,22,26)/t16-/m1/s1. The molecule has 3 amide bonds. The van der Waals surface area contributed by atoms with Crippen LogP contribution in [0.4, 0.5) is 10.5 Å². The second-order valence-corrected chi connectivity index (χ2v) is 6.85. The molecule has 1 atom stereocenters. The van der Waals surface area contributed by atoms with E-state index in [9.17, 15) is 9.59 Å². The molecule has 1 saturated heterocycles. The lowest BCUT2D eigenvalue weighted by molar-refractivity contribution is -0.124. The molecule has 0 spiro atoms. The molecule has 136 valence electrons. The number of piperazine rings is 1. The zero-order valence-corrected chi connectivity index (χ0v) is 15.5. The van der Waals surface area contributed by atoms with Gasteiger partial charge >= 0.3 is 6.03 Å². The Morgan fingerprint density at radius 3 is 2.38 bits per heavy atom. The van der Waals surface area contributed by atoms with Gasteiger partial charge in [-0.1, -0.05) is 48.5 Å². The van der Waals surface area contributed by atoms with Crippen molar-refractivity contribution in [1.82, 2.24) is 10.2 Å². The molecule has 0 unspecified atom stereocenters. The van der Waals surface area contributed by atoms with E-state index in [0.717, 1.165) is 16.8 Å². The topological polar surface area (TPSA) is 52.7 Å². The molecular weight excluding hydrogens is 326 g/mol. The van der Waals surface area contributed by atoms with Gasteiger partial charge in [-0.15, -0.1) is 0 Å². The predicted molar refractivity (Wildman–Crippen MR) is 104 cm³/mol. The van der Waals surface area contributed by atoms with Crippen molar-refractivity contribution >= 4 is 17.6 Å². The van der Waals surface area contributed by atoms with Crippen LogP contribution in [0.2, 0.25) is 0 Å². The first-order chi connectivity index (χ1) is 12.5. The minimum atomic E-state index is -0.494. The number of hydrogen-bond acceptors (Lipinski definition) is 2. The van der Waals surface area contributed by atoms with Gasteiger partial charge in [0.25, 0.3) is 0 Å². The summed E-state index contributed by atoms with van der Waals surface area (Å²) in [5.74, 6) is -0.0569. The molecule has 5 heteroatoms. The molecule has 1 fully saturated rings. The molecule has 0 saturated carbocycles. The molecule has 0 radical (unpaired) electrons. The summed E-state index contributed by atoms with van der Waals surface area (Å²) in [5, 5.41) is 2.87. The molecule has 0 aliphatic carbocycles. The van der Waals surface area contributed by atoms with Gasteiger partial charge in [0.1, 0.15) is 6.04 Å². The predicted octanol–water partition coefficient (Wildman–Crippen LogP) is 3.51. The summed E-state index contributed by atoms with van der Waals surface area (Å²) >= 11 is 0. The van der Waals surface area contributed by atoms with Crippen molar-refractivity contribution in [1.29, 1.82) is 0 Å². The van der Waals surface area contributed by atoms with Gasteiger partial charge in [0.2, 0.25) is 5.91 Å². The molecule has 1 aliphatic rings. The van der Waals surface area contributed by atoms with Crippen molar-refractivity contribution in [3.8, 4) is 11.1 Å². The van der Waals surface area contributed by atoms with E-state index < -0.39 is 6.04 Å². The van der Waals surface area contributed by atoms with Crippen LogP contribution in [0.5, 0.6) is 0 Å². The average molecular weight is 351 g/mol. The van der Waals surface area contributed by atoms with Crippen molar-refractivity contribution in [2.45, 2.75) is 32.9 Å². The molecule has 2 aromatic rings. The molecule has 0 bridgehead atoms. The summed E-state index contributed by atoms with van der Waals surface area (Å²) in [4.78, 5) is 28.8. The molecule has 1 aliphatic heterocycles. The summed E-state index contributed by atoms with van der Waals surface area (Å²) in [5.41, 5.74) is 2.98. The number of rotatable bonds is 3. The lowest BCUT2D eigenvalue weighted by Crippen LogP contribution is -2.60. The number of para-hydroxylation sites is 1. The van der Waals surface area contributed by atoms with Crippen LogP contribution < -0.4 is 10.2 Å². The van der Waals surface area contributed by atoms with Gasteiger partial charge in [-0.2, -0.15) is 0 Å². The lowest BCUT2D eigenvalue weighted by Gasteiger charge is -2.40. The van der Waals surface area contributed by atoms with Crippen molar-refractivity contribution in [2.75, 3.05) is 18.0 Å². The zero-order valence-electron chi connectivity index (χ0n) is 15.5. The van der Waals surface area contributed by atoms with Gasteiger partial charge in [-0.3, -0.25) is 4.79 Å². The van der Waals surface area contributed by atoms with E-state index in [2.05, 4.69) is 5.32 Å². The Bertz CT molecular complexity index is 789. The quantitative estimate of drug-likeness (QED) is 0.920. The molecule has 5 nitrogen and oxygen atoms in total. The molecule has 0 aromatic heterocycles. The minimum Gasteiger partial charge on any atom is -0.336 e. The van der Waals surface area contributed by atoms with Crippen LogP contribution in [-0.4, -0.2) is 42.0 Å². The Morgan fingerprint density at radius 1 is 1.04 bits per heavy atom. The van der Waals surface area contributed by atoms with Crippen LogP contribution in [0.15, 0.2) is 54.6 Å². The number of carbonyl (C=O) groups excluding carboxylic acids is 2.